The molecular formula is C19H37NO5S. The number of carbonyl (C=O) groups excluding carboxylic acids is 1. The van der Waals surface area contributed by atoms with Gasteiger partial charge in [-0.1, -0.05) is 77.6 Å². The van der Waals surface area contributed by atoms with E-state index in [-0.39, 0.29) is 5.75 Å². The largest absolute Gasteiger partial charge is 0.481 e. The molecule has 0 aliphatic rings. The Labute approximate surface area is 159 Å². The first kappa shape index (κ1) is 25.1. The smallest absolute Gasteiger partial charge is 0.305 e. The number of hydrogen-bond acceptors (Lipinski definition) is 4. The Bertz CT molecular complexity index is 490. The van der Waals surface area contributed by atoms with Crippen LogP contribution in [-0.2, 0) is 19.6 Å². The molecule has 7 heteroatoms. The molecule has 154 valence electrons. The molecule has 0 spiro atoms. The average Bonchev–Trinajstić information content (AvgIpc) is 2.54. The van der Waals surface area contributed by atoms with Crippen LogP contribution in [0.1, 0.15) is 97.3 Å². The van der Waals surface area contributed by atoms with Crippen molar-refractivity contribution in [3.63, 3.8) is 0 Å². The number of carbonyl (C=O) groups is 2. The Balaban J connectivity index is 3.72. The molecule has 2 N–H and O–H groups in total. The van der Waals surface area contributed by atoms with E-state index in [2.05, 4.69) is 11.6 Å². The summed E-state index contributed by atoms with van der Waals surface area (Å²) in [6, 6.07) is -1.17. The molecule has 0 aromatic heterocycles. The van der Waals surface area contributed by atoms with Gasteiger partial charge in [-0.3, -0.25) is 9.59 Å². The molecule has 0 fully saturated rings. The lowest BCUT2D eigenvalue weighted by Crippen LogP contribution is -2.42. The molecule has 6 nitrogen and oxygen atoms in total. The summed E-state index contributed by atoms with van der Waals surface area (Å²) in [5.74, 6) is -1.74. The maximum absolute atomic E-state index is 12.0. The van der Waals surface area contributed by atoms with Gasteiger partial charge in [-0.05, 0) is 13.3 Å². The third-order valence-electron chi connectivity index (χ3n) is 4.46. The Hall–Kier alpha value is -0.950. The minimum atomic E-state index is -3.62. The second-order valence-corrected chi connectivity index (χ2v) is 8.96. The summed E-state index contributed by atoms with van der Waals surface area (Å²) in [6.45, 7) is 3.42. The van der Waals surface area contributed by atoms with Crippen LogP contribution < -0.4 is 4.72 Å². The molecule has 0 saturated carbocycles. The Morgan fingerprint density at radius 1 is 0.846 bits per heavy atom. The van der Waals surface area contributed by atoms with Crippen LogP contribution in [0, 0.1) is 0 Å². The number of hydrogen-bond donors (Lipinski definition) is 2. The minimum Gasteiger partial charge on any atom is -0.481 e. The lowest BCUT2D eigenvalue weighted by atomic mass is 10.1. The standard InChI is InChI=1S/C19H37NO5S/c1-3-4-5-6-7-8-9-10-11-12-13-14-15-26(24,25)20-18(17(2)21)16-19(22)23/h18,20H,3-16H2,1-2H3,(H,22,23). The molecule has 0 saturated heterocycles. The minimum absolute atomic E-state index is 0.0617. The van der Waals surface area contributed by atoms with E-state index in [4.69, 9.17) is 5.11 Å². The lowest BCUT2D eigenvalue weighted by Gasteiger charge is -2.14. The number of unbranched alkanes of at least 4 members (excludes halogenated alkanes) is 11. The van der Waals surface area contributed by atoms with Crippen molar-refractivity contribution in [2.45, 2.75) is 103 Å². The Kier molecular flexibility index (Phi) is 14.6. The van der Waals surface area contributed by atoms with Gasteiger partial charge in [0.25, 0.3) is 0 Å². The molecule has 0 rings (SSSR count). The van der Waals surface area contributed by atoms with Crippen molar-refractivity contribution in [1.29, 1.82) is 0 Å². The fourth-order valence-electron chi connectivity index (χ4n) is 2.85. The second-order valence-electron chi connectivity index (χ2n) is 7.09. The number of Topliss-reactive ketones (excluding diaryl/α,β-unsaturated/α-hetero) is 1. The van der Waals surface area contributed by atoms with Crippen LogP contribution in [0.2, 0.25) is 0 Å². The summed E-state index contributed by atoms with van der Waals surface area (Å²) >= 11 is 0. The van der Waals surface area contributed by atoms with E-state index in [9.17, 15) is 18.0 Å². The number of rotatable bonds is 18. The topological polar surface area (TPSA) is 101 Å². The van der Waals surface area contributed by atoms with E-state index in [0.717, 1.165) is 19.3 Å². The first-order chi connectivity index (χ1) is 12.3. The van der Waals surface area contributed by atoms with E-state index in [1.165, 1.54) is 58.3 Å². The van der Waals surface area contributed by atoms with Crippen LogP contribution in [0.4, 0.5) is 0 Å². The first-order valence-corrected chi connectivity index (χ1v) is 11.7. The molecule has 0 bridgehead atoms. The van der Waals surface area contributed by atoms with Crippen LogP contribution in [0.15, 0.2) is 0 Å². The highest BCUT2D eigenvalue weighted by Gasteiger charge is 2.23. The molecule has 0 heterocycles. The van der Waals surface area contributed by atoms with Crippen LogP contribution in [0.5, 0.6) is 0 Å². The van der Waals surface area contributed by atoms with Gasteiger partial charge in [0.05, 0.1) is 18.2 Å². The van der Waals surface area contributed by atoms with E-state index in [0.29, 0.717) is 6.42 Å². The number of carboxylic acid groups (broad SMARTS) is 1. The van der Waals surface area contributed by atoms with Gasteiger partial charge in [0, 0.05) is 0 Å². The molecule has 26 heavy (non-hydrogen) atoms. The normalized spacial score (nSPS) is 12.8. The lowest BCUT2D eigenvalue weighted by molar-refractivity contribution is -0.139. The predicted molar refractivity (Wildman–Crippen MR) is 105 cm³/mol. The zero-order valence-electron chi connectivity index (χ0n) is 16.5. The van der Waals surface area contributed by atoms with Gasteiger partial charge in [-0.2, -0.15) is 0 Å². The molecule has 1 atom stereocenters. The second kappa shape index (κ2) is 15.1. The van der Waals surface area contributed by atoms with Gasteiger partial charge >= 0.3 is 5.97 Å². The van der Waals surface area contributed by atoms with E-state index in [1.54, 1.807) is 0 Å². The Morgan fingerprint density at radius 3 is 1.65 bits per heavy atom. The van der Waals surface area contributed by atoms with Crippen molar-refractivity contribution in [2.75, 3.05) is 5.75 Å². The maximum Gasteiger partial charge on any atom is 0.305 e. The van der Waals surface area contributed by atoms with Crippen LogP contribution in [-0.4, -0.2) is 37.1 Å². The highest BCUT2D eigenvalue weighted by Crippen LogP contribution is 2.12. The van der Waals surface area contributed by atoms with Gasteiger partial charge < -0.3 is 5.11 Å². The van der Waals surface area contributed by atoms with Gasteiger partial charge in [0.1, 0.15) is 5.78 Å². The average molecular weight is 392 g/mol. The van der Waals surface area contributed by atoms with Gasteiger partial charge in [0.15, 0.2) is 0 Å². The van der Waals surface area contributed by atoms with E-state index >= 15 is 0 Å². The monoisotopic (exact) mass is 391 g/mol. The van der Waals surface area contributed by atoms with Gasteiger partial charge in [-0.15, -0.1) is 0 Å². The van der Waals surface area contributed by atoms with Crippen molar-refractivity contribution in [2.24, 2.45) is 0 Å². The van der Waals surface area contributed by atoms with Crippen molar-refractivity contribution >= 4 is 21.8 Å². The van der Waals surface area contributed by atoms with E-state index in [1.807, 2.05) is 0 Å². The fourth-order valence-corrected chi connectivity index (χ4v) is 4.24. The summed E-state index contributed by atoms with van der Waals surface area (Å²) in [6.07, 6.45) is 13.3. The molecule has 0 aromatic carbocycles. The molecular weight excluding hydrogens is 354 g/mol. The summed E-state index contributed by atoms with van der Waals surface area (Å²) in [4.78, 5) is 22.0. The summed E-state index contributed by atoms with van der Waals surface area (Å²) in [5, 5.41) is 8.73. The third-order valence-corrected chi connectivity index (χ3v) is 5.93. The predicted octanol–water partition coefficient (Wildman–Crippen LogP) is 4.04. The van der Waals surface area contributed by atoms with Crippen molar-refractivity contribution in [3.05, 3.63) is 0 Å². The molecule has 0 radical (unpaired) electrons. The number of sulfonamides is 1. The van der Waals surface area contributed by atoms with Crippen molar-refractivity contribution in [1.82, 2.24) is 4.72 Å². The summed E-state index contributed by atoms with van der Waals surface area (Å²) in [7, 11) is -3.62. The molecule has 0 aromatic rings. The first-order valence-electron chi connectivity index (χ1n) is 10.0. The van der Waals surface area contributed by atoms with Crippen molar-refractivity contribution in [3.8, 4) is 0 Å². The number of aliphatic carboxylic acids is 1. The van der Waals surface area contributed by atoms with Crippen LogP contribution in [0.3, 0.4) is 0 Å². The van der Waals surface area contributed by atoms with Crippen LogP contribution in [0.25, 0.3) is 0 Å². The third kappa shape index (κ3) is 15.3. The molecule has 1 unspecified atom stereocenters. The highest BCUT2D eigenvalue weighted by molar-refractivity contribution is 7.89. The molecule has 0 aliphatic heterocycles. The summed E-state index contributed by atoms with van der Waals surface area (Å²) < 4.78 is 26.1. The maximum atomic E-state index is 12.0. The zero-order valence-corrected chi connectivity index (χ0v) is 17.3. The van der Waals surface area contributed by atoms with Gasteiger partial charge in [-0.25, -0.2) is 13.1 Å². The van der Waals surface area contributed by atoms with Crippen molar-refractivity contribution < 1.29 is 23.1 Å². The molecule has 0 aliphatic carbocycles. The SMILES string of the molecule is CCCCCCCCCCCCCCS(=O)(=O)NC(CC(=O)O)C(C)=O. The Morgan fingerprint density at radius 2 is 1.27 bits per heavy atom. The zero-order chi connectivity index (χ0) is 19.8. The van der Waals surface area contributed by atoms with Gasteiger partial charge in [0.2, 0.25) is 10.0 Å². The quantitative estimate of drug-likeness (QED) is 0.343. The number of nitrogens with one attached hydrogen (secondary N) is 1. The molecule has 0 amide bonds. The fraction of sp³-hybridized carbons (Fsp3) is 0.895. The summed E-state index contributed by atoms with van der Waals surface area (Å²) in [5.41, 5.74) is 0. The van der Waals surface area contributed by atoms with E-state index < -0.39 is 34.2 Å². The highest BCUT2D eigenvalue weighted by atomic mass is 32.2. The van der Waals surface area contributed by atoms with Crippen LogP contribution >= 0.6 is 0 Å². The number of carboxylic acids is 1. The number of ketones is 1.